The number of amides is 1. The monoisotopic (exact) mass is 236 g/mol. The van der Waals surface area contributed by atoms with Crippen molar-refractivity contribution in [3.8, 4) is 0 Å². The Morgan fingerprint density at radius 3 is 2.47 bits per heavy atom. The summed E-state index contributed by atoms with van der Waals surface area (Å²) in [4.78, 5) is 21.5. The molecular weight excluding hydrogens is 224 g/mol. The second kappa shape index (κ2) is 4.15. The number of hydrogen-bond donors (Lipinski definition) is 3. The Balaban J connectivity index is 2.51. The summed E-state index contributed by atoms with van der Waals surface area (Å²) in [6.45, 7) is 0. The van der Waals surface area contributed by atoms with Crippen molar-refractivity contribution in [1.29, 1.82) is 0 Å². The lowest BCUT2D eigenvalue weighted by Gasteiger charge is -2.12. The van der Waals surface area contributed by atoms with E-state index in [0.29, 0.717) is 6.42 Å². The molecule has 15 heavy (non-hydrogen) atoms. The van der Waals surface area contributed by atoms with Crippen LogP contribution < -0.4 is 11.1 Å². The Kier molecular flexibility index (Phi) is 3.30. The van der Waals surface area contributed by atoms with E-state index >= 15 is 0 Å². The fraction of sp³-hybridized carbons (Fsp3) is 0.714. The van der Waals surface area contributed by atoms with Crippen molar-refractivity contribution in [3.05, 3.63) is 0 Å². The van der Waals surface area contributed by atoms with Gasteiger partial charge in [-0.1, -0.05) is 0 Å². The number of sulfone groups is 1. The molecule has 1 aliphatic rings. The van der Waals surface area contributed by atoms with E-state index in [4.69, 9.17) is 10.8 Å². The third kappa shape index (κ3) is 3.17. The number of carbonyl (C=O) groups excluding carboxylic acids is 1. The lowest BCUT2D eigenvalue weighted by Crippen LogP contribution is -2.49. The van der Waals surface area contributed by atoms with Crippen LogP contribution in [0.1, 0.15) is 6.42 Å². The van der Waals surface area contributed by atoms with Crippen LogP contribution in [-0.2, 0) is 19.4 Å². The smallest absolute Gasteiger partial charge is 0.330 e. The van der Waals surface area contributed by atoms with Crippen molar-refractivity contribution >= 4 is 21.7 Å². The van der Waals surface area contributed by atoms with Gasteiger partial charge in [-0.25, -0.2) is 13.2 Å². The maximum absolute atomic E-state index is 11.1. The van der Waals surface area contributed by atoms with Gasteiger partial charge in [0.1, 0.15) is 0 Å². The molecule has 1 rings (SSSR count). The molecular formula is C7H12N2O5S. The van der Waals surface area contributed by atoms with Crippen LogP contribution in [0.25, 0.3) is 0 Å². The molecule has 0 aromatic heterocycles. The minimum Gasteiger partial charge on any atom is -0.480 e. The molecule has 1 saturated heterocycles. The molecule has 1 heterocycles. The van der Waals surface area contributed by atoms with Gasteiger partial charge in [-0.15, -0.1) is 0 Å². The Morgan fingerprint density at radius 2 is 2.07 bits per heavy atom. The Bertz CT molecular complexity index is 377. The summed E-state index contributed by atoms with van der Waals surface area (Å²) < 4.78 is 22.1. The molecule has 1 aliphatic heterocycles. The van der Waals surface area contributed by atoms with Gasteiger partial charge in [0.05, 0.1) is 11.5 Å². The van der Waals surface area contributed by atoms with Crippen molar-refractivity contribution in [2.24, 2.45) is 5.73 Å². The molecule has 0 aromatic carbocycles. The highest BCUT2D eigenvalue weighted by molar-refractivity contribution is 7.91. The first-order chi connectivity index (χ1) is 6.82. The molecule has 1 amide bonds. The molecule has 0 aliphatic carbocycles. The standard InChI is InChI=1S/C7H12N2O5S/c8-5(7(11)12)6(10)9-4-1-2-15(13,14)3-4/h4-5H,1-3,8H2,(H,9,10)(H,11,12). The van der Waals surface area contributed by atoms with Gasteiger partial charge in [-0.3, -0.25) is 4.79 Å². The van der Waals surface area contributed by atoms with Crippen LogP contribution in [0, 0.1) is 0 Å². The predicted molar refractivity (Wildman–Crippen MR) is 50.8 cm³/mol. The largest absolute Gasteiger partial charge is 0.480 e. The predicted octanol–water partition coefficient (Wildman–Crippen LogP) is -2.30. The number of carbonyl (C=O) groups is 2. The summed E-state index contributed by atoms with van der Waals surface area (Å²) in [6, 6.07) is -2.17. The second-order valence-electron chi connectivity index (χ2n) is 3.42. The van der Waals surface area contributed by atoms with Gasteiger partial charge < -0.3 is 16.2 Å². The first-order valence-electron chi connectivity index (χ1n) is 4.31. The molecule has 2 atom stereocenters. The maximum atomic E-state index is 11.1. The van der Waals surface area contributed by atoms with Crippen LogP contribution in [0.4, 0.5) is 0 Å². The number of aliphatic carboxylic acids is 1. The molecule has 7 nitrogen and oxygen atoms in total. The highest BCUT2D eigenvalue weighted by Gasteiger charge is 2.31. The lowest BCUT2D eigenvalue weighted by atomic mass is 10.2. The lowest BCUT2D eigenvalue weighted by molar-refractivity contribution is -0.142. The van der Waals surface area contributed by atoms with E-state index in [0.717, 1.165) is 0 Å². The van der Waals surface area contributed by atoms with Gasteiger partial charge in [-0.05, 0) is 6.42 Å². The number of rotatable bonds is 3. The molecule has 0 spiro atoms. The van der Waals surface area contributed by atoms with E-state index in [9.17, 15) is 18.0 Å². The zero-order valence-electron chi connectivity index (χ0n) is 7.84. The SMILES string of the molecule is NC(C(=O)O)C(=O)NC1CCS(=O)(=O)C1. The molecule has 0 saturated carbocycles. The molecule has 1 fully saturated rings. The van der Waals surface area contributed by atoms with Crippen LogP contribution in [0.15, 0.2) is 0 Å². The van der Waals surface area contributed by atoms with Crippen LogP contribution in [-0.4, -0.2) is 49.0 Å². The highest BCUT2D eigenvalue weighted by atomic mass is 32.2. The number of carboxylic acid groups (broad SMARTS) is 1. The van der Waals surface area contributed by atoms with Crippen molar-refractivity contribution in [3.63, 3.8) is 0 Å². The minimum absolute atomic E-state index is 0.0141. The Morgan fingerprint density at radius 1 is 1.47 bits per heavy atom. The number of nitrogens with two attached hydrogens (primary N) is 1. The van der Waals surface area contributed by atoms with Crippen LogP contribution in [0.5, 0.6) is 0 Å². The summed E-state index contributed by atoms with van der Waals surface area (Å²) in [7, 11) is -3.09. The Hall–Kier alpha value is -1.15. The van der Waals surface area contributed by atoms with Gasteiger partial charge in [0, 0.05) is 6.04 Å². The summed E-state index contributed by atoms with van der Waals surface area (Å²) in [5.74, 6) is -2.43. The summed E-state index contributed by atoms with van der Waals surface area (Å²) in [5, 5.41) is 10.7. The van der Waals surface area contributed by atoms with E-state index in [-0.39, 0.29) is 11.5 Å². The topological polar surface area (TPSA) is 127 Å². The van der Waals surface area contributed by atoms with Crippen LogP contribution in [0.3, 0.4) is 0 Å². The average Bonchev–Trinajstić information content (AvgIpc) is 2.43. The van der Waals surface area contributed by atoms with E-state index in [2.05, 4.69) is 5.32 Å². The van der Waals surface area contributed by atoms with Crippen molar-refractivity contribution in [2.45, 2.75) is 18.5 Å². The van der Waals surface area contributed by atoms with Gasteiger partial charge in [0.2, 0.25) is 5.91 Å². The van der Waals surface area contributed by atoms with E-state index < -0.39 is 33.8 Å². The molecule has 0 radical (unpaired) electrons. The highest BCUT2D eigenvalue weighted by Crippen LogP contribution is 2.11. The molecule has 86 valence electrons. The third-order valence-electron chi connectivity index (χ3n) is 2.13. The summed E-state index contributed by atoms with van der Waals surface area (Å²) in [6.07, 6.45) is 0.306. The number of hydrogen-bond acceptors (Lipinski definition) is 5. The molecule has 8 heteroatoms. The van der Waals surface area contributed by atoms with E-state index in [1.807, 2.05) is 0 Å². The zero-order valence-corrected chi connectivity index (χ0v) is 8.66. The Labute approximate surface area is 86.6 Å². The number of nitrogens with one attached hydrogen (secondary N) is 1. The maximum Gasteiger partial charge on any atom is 0.330 e. The molecule has 4 N–H and O–H groups in total. The quantitative estimate of drug-likeness (QED) is 0.473. The zero-order chi connectivity index (χ0) is 11.6. The van der Waals surface area contributed by atoms with Gasteiger partial charge in [0.15, 0.2) is 15.9 Å². The van der Waals surface area contributed by atoms with Gasteiger partial charge in [-0.2, -0.15) is 0 Å². The van der Waals surface area contributed by atoms with Crippen molar-refractivity contribution in [1.82, 2.24) is 5.32 Å². The minimum atomic E-state index is -3.09. The van der Waals surface area contributed by atoms with Crippen LogP contribution >= 0.6 is 0 Å². The normalized spacial score (nSPS) is 25.8. The molecule has 2 unspecified atom stereocenters. The average molecular weight is 236 g/mol. The summed E-state index contributed by atoms with van der Waals surface area (Å²) in [5.41, 5.74) is 5.04. The first-order valence-corrected chi connectivity index (χ1v) is 6.13. The van der Waals surface area contributed by atoms with Gasteiger partial charge >= 0.3 is 5.97 Å². The van der Waals surface area contributed by atoms with Gasteiger partial charge in [0.25, 0.3) is 0 Å². The first kappa shape index (κ1) is 11.9. The van der Waals surface area contributed by atoms with Crippen molar-refractivity contribution in [2.75, 3.05) is 11.5 Å². The fourth-order valence-electron chi connectivity index (χ4n) is 1.31. The van der Waals surface area contributed by atoms with E-state index in [1.165, 1.54) is 0 Å². The summed E-state index contributed by atoms with van der Waals surface area (Å²) >= 11 is 0. The van der Waals surface area contributed by atoms with E-state index in [1.54, 1.807) is 0 Å². The van der Waals surface area contributed by atoms with Crippen LogP contribution in [0.2, 0.25) is 0 Å². The third-order valence-corrected chi connectivity index (χ3v) is 3.90. The second-order valence-corrected chi connectivity index (χ2v) is 5.65. The van der Waals surface area contributed by atoms with Crippen molar-refractivity contribution < 1.29 is 23.1 Å². The molecule has 0 bridgehead atoms. The number of carboxylic acids is 1. The molecule has 0 aromatic rings. The fourth-order valence-corrected chi connectivity index (χ4v) is 2.99.